The molecule has 0 aromatic heterocycles. The van der Waals surface area contributed by atoms with Gasteiger partial charge in [-0.15, -0.1) is 6.58 Å². The lowest BCUT2D eigenvalue weighted by Crippen LogP contribution is -2.38. The van der Waals surface area contributed by atoms with E-state index in [4.69, 9.17) is 0 Å². The van der Waals surface area contributed by atoms with Crippen molar-refractivity contribution in [2.24, 2.45) is 0 Å². The van der Waals surface area contributed by atoms with Crippen LogP contribution in [0.1, 0.15) is 20.3 Å². The summed E-state index contributed by atoms with van der Waals surface area (Å²) in [6.07, 6.45) is 3.28. The van der Waals surface area contributed by atoms with Crippen molar-refractivity contribution in [3.05, 3.63) is 12.7 Å². The fraction of sp³-hybridized carbons (Fsp3) is 0.778. The predicted molar refractivity (Wildman–Crippen MR) is 53.1 cm³/mol. The molecule has 1 aliphatic heterocycles. The molecule has 0 spiro atoms. The Labute approximate surface area is 73.6 Å². The molecule has 0 bridgehead atoms. The lowest BCUT2D eigenvalue weighted by molar-refractivity contribution is 0.486. The van der Waals surface area contributed by atoms with E-state index in [1.54, 1.807) is 0 Å². The molecule has 1 aliphatic rings. The molecule has 11 heavy (non-hydrogen) atoms. The van der Waals surface area contributed by atoms with Crippen molar-refractivity contribution in [2.75, 3.05) is 5.75 Å². The Morgan fingerprint density at radius 3 is 2.91 bits per heavy atom. The van der Waals surface area contributed by atoms with Crippen LogP contribution in [0.2, 0.25) is 0 Å². The highest BCUT2D eigenvalue weighted by atomic mass is 32.2. The van der Waals surface area contributed by atoms with E-state index in [0.717, 1.165) is 5.25 Å². The molecule has 0 saturated carbocycles. The Balaban J connectivity index is 2.30. The first-order chi connectivity index (χ1) is 5.24. The molecule has 3 unspecified atom stereocenters. The zero-order valence-electron chi connectivity index (χ0n) is 7.34. The van der Waals surface area contributed by atoms with Gasteiger partial charge in [0.1, 0.15) is 0 Å². The molecule has 1 nitrogen and oxygen atoms in total. The van der Waals surface area contributed by atoms with Gasteiger partial charge in [0.15, 0.2) is 0 Å². The lowest BCUT2D eigenvalue weighted by atomic mass is 10.1. The van der Waals surface area contributed by atoms with Gasteiger partial charge >= 0.3 is 0 Å². The summed E-state index contributed by atoms with van der Waals surface area (Å²) < 4.78 is 0. The molecule has 1 saturated heterocycles. The number of hydrogen-bond donors (Lipinski definition) is 1. The molecular weight excluding hydrogens is 154 g/mol. The molecule has 1 N–H and O–H groups in total. The fourth-order valence-corrected chi connectivity index (χ4v) is 2.57. The van der Waals surface area contributed by atoms with Crippen LogP contribution < -0.4 is 5.32 Å². The van der Waals surface area contributed by atoms with E-state index in [0.29, 0.717) is 12.1 Å². The molecule has 1 rings (SSSR count). The van der Waals surface area contributed by atoms with Crippen molar-refractivity contribution in [3.8, 4) is 0 Å². The Bertz CT molecular complexity index is 136. The number of nitrogens with one attached hydrogen (secondary N) is 1. The molecule has 0 aromatic carbocycles. The van der Waals surface area contributed by atoms with E-state index in [-0.39, 0.29) is 0 Å². The van der Waals surface area contributed by atoms with Gasteiger partial charge in [-0.25, -0.2) is 0 Å². The molecule has 1 fully saturated rings. The van der Waals surface area contributed by atoms with Gasteiger partial charge < -0.3 is 5.32 Å². The van der Waals surface area contributed by atoms with Gasteiger partial charge in [0, 0.05) is 17.3 Å². The van der Waals surface area contributed by atoms with Crippen molar-refractivity contribution < 1.29 is 0 Å². The van der Waals surface area contributed by atoms with Crippen LogP contribution in [0, 0.1) is 0 Å². The van der Waals surface area contributed by atoms with E-state index in [1.165, 1.54) is 12.2 Å². The minimum absolute atomic E-state index is 0.459. The van der Waals surface area contributed by atoms with E-state index >= 15 is 0 Å². The van der Waals surface area contributed by atoms with E-state index < -0.39 is 0 Å². The van der Waals surface area contributed by atoms with Crippen molar-refractivity contribution in [3.63, 3.8) is 0 Å². The highest BCUT2D eigenvalue weighted by Gasteiger charge is 2.23. The SMILES string of the molecule is C=CC(C)NC1CCSC1C. The Kier molecular flexibility index (Phi) is 3.46. The van der Waals surface area contributed by atoms with E-state index in [2.05, 4.69) is 37.5 Å². The quantitative estimate of drug-likeness (QED) is 0.652. The smallest absolute Gasteiger partial charge is 0.0222 e. The minimum Gasteiger partial charge on any atom is -0.307 e. The average molecular weight is 171 g/mol. The van der Waals surface area contributed by atoms with Crippen LogP contribution >= 0.6 is 11.8 Å². The topological polar surface area (TPSA) is 12.0 Å². The van der Waals surface area contributed by atoms with Gasteiger partial charge in [0.25, 0.3) is 0 Å². The zero-order chi connectivity index (χ0) is 8.27. The van der Waals surface area contributed by atoms with Gasteiger partial charge in [-0.3, -0.25) is 0 Å². The third kappa shape index (κ3) is 2.53. The van der Waals surface area contributed by atoms with E-state index in [1.807, 2.05) is 6.08 Å². The molecule has 0 aliphatic carbocycles. The maximum Gasteiger partial charge on any atom is 0.0222 e. The van der Waals surface area contributed by atoms with Gasteiger partial charge in [0.05, 0.1) is 0 Å². The Morgan fingerprint density at radius 1 is 1.73 bits per heavy atom. The molecule has 64 valence electrons. The number of thioether (sulfide) groups is 1. The fourth-order valence-electron chi connectivity index (χ4n) is 1.36. The highest BCUT2D eigenvalue weighted by Crippen LogP contribution is 2.26. The first-order valence-electron chi connectivity index (χ1n) is 4.24. The lowest BCUT2D eigenvalue weighted by Gasteiger charge is -2.19. The zero-order valence-corrected chi connectivity index (χ0v) is 8.16. The van der Waals surface area contributed by atoms with Crippen LogP contribution in [0.25, 0.3) is 0 Å². The summed E-state index contributed by atoms with van der Waals surface area (Å²) in [7, 11) is 0. The number of rotatable bonds is 3. The van der Waals surface area contributed by atoms with Crippen LogP contribution in [0.3, 0.4) is 0 Å². The van der Waals surface area contributed by atoms with Gasteiger partial charge in [-0.05, 0) is 19.1 Å². The largest absolute Gasteiger partial charge is 0.307 e. The predicted octanol–water partition coefficient (Wildman–Crippen LogP) is 2.04. The summed E-state index contributed by atoms with van der Waals surface area (Å²) >= 11 is 2.06. The Morgan fingerprint density at radius 2 is 2.45 bits per heavy atom. The summed E-state index contributed by atoms with van der Waals surface area (Å²) in [5.41, 5.74) is 0. The first kappa shape index (κ1) is 9.14. The Hall–Kier alpha value is 0.0500. The normalized spacial score (nSPS) is 33.6. The molecular formula is C9H17NS. The van der Waals surface area contributed by atoms with Gasteiger partial charge in [-0.1, -0.05) is 13.0 Å². The summed E-state index contributed by atoms with van der Waals surface area (Å²) in [5.74, 6) is 1.31. The molecule has 2 heteroatoms. The minimum atomic E-state index is 0.459. The molecule has 0 aromatic rings. The third-order valence-electron chi connectivity index (χ3n) is 2.21. The van der Waals surface area contributed by atoms with Crippen LogP contribution in [0.15, 0.2) is 12.7 Å². The highest BCUT2D eigenvalue weighted by molar-refractivity contribution is 8.00. The van der Waals surface area contributed by atoms with Gasteiger partial charge in [-0.2, -0.15) is 11.8 Å². The van der Waals surface area contributed by atoms with Crippen molar-refractivity contribution >= 4 is 11.8 Å². The maximum atomic E-state index is 3.76. The molecule has 3 atom stereocenters. The summed E-state index contributed by atoms with van der Waals surface area (Å²) in [6, 6.07) is 1.16. The monoisotopic (exact) mass is 171 g/mol. The summed E-state index contributed by atoms with van der Waals surface area (Å²) in [6.45, 7) is 8.21. The van der Waals surface area contributed by atoms with E-state index in [9.17, 15) is 0 Å². The third-order valence-corrected chi connectivity index (χ3v) is 3.53. The number of hydrogen-bond acceptors (Lipinski definition) is 2. The van der Waals surface area contributed by atoms with Crippen molar-refractivity contribution in [1.29, 1.82) is 0 Å². The van der Waals surface area contributed by atoms with Gasteiger partial charge in [0.2, 0.25) is 0 Å². The average Bonchev–Trinajstić information content (AvgIpc) is 2.37. The van der Waals surface area contributed by atoms with Crippen LogP contribution in [-0.4, -0.2) is 23.1 Å². The van der Waals surface area contributed by atoms with Crippen LogP contribution in [-0.2, 0) is 0 Å². The molecule has 1 heterocycles. The first-order valence-corrected chi connectivity index (χ1v) is 5.29. The second-order valence-electron chi connectivity index (χ2n) is 3.16. The molecule has 0 radical (unpaired) electrons. The standard InChI is InChI=1S/C9H17NS/c1-4-7(2)10-9-5-6-11-8(9)3/h4,7-10H,1,5-6H2,2-3H3. The molecule has 0 amide bonds. The van der Waals surface area contributed by atoms with Crippen molar-refractivity contribution in [2.45, 2.75) is 37.6 Å². The van der Waals surface area contributed by atoms with Crippen molar-refractivity contribution in [1.82, 2.24) is 5.32 Å². The van der Waals surface area contributed by atoms with Crippen LogP contribution in [0.5, 0.6) is 0 Å². The maximum absolute atomic E-state index is 3.76. The summed E-state index contributed by atoms with van der Waals surface area (Å²) in [4.78, 5) is 0. The summed E-state index contributed by atoms with van der Waals surface area (Å²) in [5, 5.41) is 4.31. The second-order valence-corrected chi connectivity index (χ2v) is 4.65. The second kappa shape index (κ2) is 4.17. The van der Waals surface area contributed by atoms with Crippen LogP contribution in [0.4, 0.5) is 0 Å².